The van der Waals surface area contributed by atoms with Crippen LogP contribution in [0.1, 0.15) is 42.5 Å². The van der Waals surface area contributed by atoms with E-state index in [4.69, 9.17) is 5.73 Å². The van der Waals surface area contributed by atoms with E-state index >= 15 is 0 Å². The summed E-state index contributed by atoms with van der Waals surface area (Å²) in [5.74, 6) is 0.750. The van der Waals surface area contributed by atoms with E-state index < -0.39 is 0 Å². The molecule has 1 unspecified atom stereocenters. The molecule has 2 N–H and O–H groups in total. The van der Waals surface area contributed by atoms with E-state index in [-0.39, 0.29) is 6.04 Å². The second kappa shape index (κ2) is 4.94. The summed E-state index contributed by atoms with van der Waals surface area (Å²) in [6.45, 7) is 0.960. The minimum absolute atomic E-state index is 0.112. The van der Waals surface area contributed by atoms with Gasteiger partial charge in [-0.25, -0.2) is 4.98 Å². The molecule has 1 saturated carbocycles. The Hall–Kier alpha value is -1.61. The van der Waals surface area contributed by atoms with Gasteiger partial charge in [-0.2, -0.15) is 0 Å². The summed E-state index contributed by atoms with van der Waals surface area (Å²) in [5, 5.41) is 0. The first-order valence-electron chi connectivity index (χ1n) is 6.65. The number of aromatic nitrogens is 2. The fourth-order valence-corrected chi connectivity index (χ4v) is 2.38. The lowest BCUT2D eigenvalue weighted by Gasteiger charge is -2.13. The second-order valence-electron chi connectivity index (χ2n) is 5.09. The maximum absolute atomic E-state index is 6.22. The number of hydrogen-bond donors (Lipinski definition) is 1. The van der Waals surface area contributed by atoms with Gasteiger partial charge in [-0.3, -0.25) is 0 Å². The minimum Gasteiger partial charge on any atom is -0.334 e. The Balaban J connectivity index is 1.62. The molecule has 1 aliphatic rings. The van der Waals surface area contributed by atoms with Crippen molar-refractivity contribution >= 4 is 0 Å². The van der Waals surface area contributed by atoms with Gasteiger partial charge in [0.05, 0.1) is 6.33 Å². The van der Waals surface area contributed by atoms with Crippen LogP contribution in [-0.2, 0) is 6.54 Å². The van der Waals surface area contributed by atoms with Crippen molar-refractivity contribution in [2.45, 2.75) is 37.8 Å². The molecule has 2 aromatic rings. The first-order chi connectivity index (χ1) is 8.84. The van der Waals surface area contributed by atoms with E-state index in [0.717, 1.165) is 18.9 Å². The van der Waals surface area contributed by atoms with Gasteiger partial charge in [-0.05, 0) is 24.8 Å². The third kappa shape index (κ3) is 2.46. The molecule has 0 radical (unpaired) electrons. The predicted molar refractivity (Wildman–Crippen MR) is 72.2 cm³/mol. The summed E-state index contributed by atoms with van der Waals surface area (Å²) in [6, 6.07) is 10.4. The molecule has 18 heavy (non-hydrogen) atoms. The van der Waals surface area contributed by atoms with Crippen LogP contribution >= 0.6 is 0 Å². The zero-order valence-corrected chi connectivity index (χ0v) is 10.5. The molecule has 1 heterocycles. The van der Waals surface area contributed by atoms with Crippen LogP contribution in [0.25, 0.3) is 0 Å². The number of rotatable bonds is 5. The molecule has 1 aliphatic carbocycles. The zero-order valence-electron chi connectivity index (χ0n) is 10.5. The Morgan fingerprint density at radius 1 is 1.28 bits per heavy atom. The van der Waals surface area contributed by atoms with Gasteiger partial charge in [0.2, 0.25) is 0 Å². The second-order valence-corrected chi connectivity index (χ2v) is 5.09. The highest BCUT2D eigenvalue weighted by molar-refractivity contribution is 5.18. The topological polar surface area (TPSA) is 43.8 Å². The lowest BCUT2D eigenvalue weighted by Crippen LogP contribution is -2.14. The van der Waals surface area contributed by atoms with E-state index in [1.165, 1.54) is 24.1 Å². The van der Waals surface area contributed by atoms with Crippen molar-refractivity contribution in [1.29, 1.82) is 0 Å². The number of hydrogen-bond acceptors (Lipinski definition) is 2. The highest BCUT2D eigenvalue weighted by Gasteiger charge is 2.26. The first kappa shape index (κ1) is 11.5. The van der Waals surface area contributed by atoms with Crippen molar-refractivity contribution in [2.75, 3.05) is 0 Å². The summed E-state index contributed by atoms with van der Waals surface area (Å²) < 4.78 is 2.26. The van der Waals surface area contributed by atoms with E-state index in [2.05, 4.69) is 21.7 Å². The average molecular weight is 241 g/mol. The first-order valence-corrected chi connectivity index (χ1v) is 6.65. The van der Waals surface area contributed by atoms with Gasteiger partial charge < -0.3 is 10.3 Å². The van der Waals surface area contributed by atoms with Crippen molar-refractivity contribution in [2.24, 2.45) is 5.73 Å². The maximum Gasteiger partial charge on any atom is 0.0948 e. The molecule has 1 aromatic carbocycles. The monoisotopic (exact) mass is 241 g/mol. The summed E-state index contributed by atoms with van der Waals surface area (Å²) in [4.78, 5) is 4.26. The molecule has 1 fully saturated rings. The van der Waals surface area contributed by atoms with Crippen LogP contribution in [0.5, 0.6) is 0 Å². The van der Waals surface area contributed by atoms with Gasteiger partial charge in [-0.1, -0.05) is 30.3 Å². The molecule has 94 valence electrons. The van der Waals surface area contributed by atoms with Crippen LogP contribution in [-0.4, -0.2) is 9.55 Å². The summed E-state index contributed by atoms with van der Waals surface area (Å²) >= 11 is 0. The van der Waals surface area contributed by atoms with Crippen molar-refractivity contribution in [1.82, 2.24) is 9.55 Å². The molecule has 1 aromatic heterocycles. The lowest BCUT2D eigenvalue weighted by atomic mass is 10.1. The molecule has 0 aliphatic heterocycles. The Morgan fingerprint density at radius 3 is 2.78 bits per heavy atom. The fourth-order valence-electron chi connectivity index (χ4n) is 2.38. The molecule has 0 spiro atoms. The fraction of sp³-hybridized carbons (Fsp3) is 0.400. The maximum atomic E-state index is 6.22. The molecular weight excluding hydrogens is 222 g/mol. The zero-order chi connectivity index (χ0) is 12.4. The number of nitrogens with zero attached hydrogens (tertiary/aromatic N) is 2. The van der Waals surface area contributed by atoms with E-state index in [0.29, 0.717) is 0 Å². The van der Waals surface area contributed by atoms with Crippen molar-refractivity contribution in [3.63, 3.8) is 0 Å². The van der Waals surface area contributed by atoms with Crippen molar-refractivity contribution < 1.29 is 0 Å². The van der Waals surface area contributed by atoms with Gasteiger partial charge >= 0.3 is 0 Å². The van der Waals surface area contributed by atoms with Crippen LogP contribution in [0.15, 0.2) is 42.9 Å². The average Bonchev–Trinajstić information content (AvgIpc) is 3.16. The van der Waals surface area contributed by atoms with Crippen molar-refractivity contribution in [3.05, 3.63) is 54.1 Å². The quantitative estimate of drug-likeness (QED) is 0.874. The highest BCUT2D eigenvalue weighted by Crippen LogP contribution is 2.39. The van der Waals surface area contributed by atoms with Gasteiger partial charge in [-0.15, -0.1) is 0 Å². The van der Waals surface area contributed by atoms with E-state index in [1.54, 1.807) is 0 Å². The third-order valence-corrected chi connectivity index (χ3v) is 3.65. The van der Waals surface area contributed by atoms with E-state index in [9.17, 15) is 0 Å². The molecule has 0 amide bonds. The van der Waals surface area contributed by atoms with Crippen LogP contribution in [0.4, 0.5) is 0 Å². The van der Waals surface area contributed by atoms with Gasteiger partial charge in [0.1, 0.15) is 0 Å². The number of aryl methyl sites for hydroxylation is 1. The normalized spacial score (nSPS) is 16.7. The summed E-state index contributed by atoms with van der Waals surface area (Å²) in [6.07, 6.45) is 7.53. The van der Waals surface area contributed by atoms with Gasteiger partial charge in [0.25, 0.3) is 0 Å². The molecule has 0 saturated heterocycles. The van der Waals surface area contributed by atoms with Crippen LogP contribution in [0.2, 0.25) is 0 Å². The van der Waals surface area contributed by atoms with E-state index in [1.807, 2.05) is 30.7 Å². The Labute approximate surface area is 108 Å². The largest absolute Gasteiger partial charge is 0.334 e. The third-order valence-electron chi connectivity index (χ3n) is 3.65. The Bertz CT molecular complexity index is 499. The molecule has 3 heteroatoms. The standard InChI is InChI=1S/C15H19N3/c16-14(12-4-2-1-3-5-12)8-9-18-11-17-10-15(18)13-6-7-13/h1-5,10-11,13-14H,6-9,16H2. The summed E-state index contributed by atoms with van der Waals surface area (Å²) in [5.41, 5.74) is 8.82. The van der Waals surface area contributed by atoms with Crippen LogP contribution < -0.4 is 5.73 Å². The van der Waals surface area contributed by atoms with Crippen molar-refractivity contribution in [3.8, 4) is 0 Å². The lowest BCUT2D eigenvalue weighted by molar-refractivity contribution is 0.547. The van der Waals surface area contributed by atoms with Crippen LogP contribution in [0, 0.1) is 0 Å². The molecule has 3 nitrogen and oxygen atoms in total. The molecular formula is C15H19N3. The smallest absolute Gasteiger partial charge is 0.0948 e. The highest BCUT2D eigenvalue weighted by atomic mass is 15.1. The molecule has 0 bridgehead atoms. The summed E-state index contributed by atoms with van der Waals surface area (Å²) in [7, 11) is 0. The Kier molecular flexibility index (Phi) is 3.15. The van der Waals surface area contributed by atoms with Crippen LogP contribution in [0.3, 0.4) is 0 Å². The number of nitrogens with two attached hydrogens (primary N) is 1. The number of benzene rings is 1. The molecule has 1 atom stereocenters. The SMILES string of the molecule is NC(CCn1cncc1C1CC1)c1ccccc1. The predicted octanol–water partition coefficient (Wildman–Crippen LogP) is 2.85. The molecule has 3 rings (SSSR count). The Morgan fingerprint density at radius 2 is 2.06 bits per heavy atom. The minimum atomic E-state index is 0.112. The number of imidazole rings is 1. The van der Waals surface area contributed by atoms with Gasteiger partial charge in [0.15, 0.2) is 0 Å². The van der Waals surface area contributed by atoms with Gasteiger partial charge in [0, 0.05) is 30.4 Å².